The number of carbonyl (C=O) groups excluding carboxylic acids is 3. The second kappa shape index (κ2) is 16.5. The number of piperidine rings is 1. The van der Waals surface area contributed by atoms with Crippen LogP contribution in [0.3, 0.4) is 0 Å². The zero-order chi connectivity index (χ0) is 35.0. The molecule has 50 heavy (non-hydrogen) atoms. The van der Waals surface area contributed by atoms with Crippen molar-refractivity contribution in [1.29, 1.82) is 0 Å². The van der Waals surface area contributed by atoms with Crippen LogP contribution in [0.5, 0.6) is 0 Å². The second-order valence-electron chi connectivity index (χ2n) is 14.1. The van der Waals surface area contributed by atoms with Crippen LogP contribution in [0.15, 0.2) is 75.9 Å². The molecule has 1 aliphatic carbocycles. The van der Waals surface area contributed by atoms with Crippen LogP contribution in [0.25, 0.3) is 11.1 Å². The summed E-state index contributed by atoms with van der Waals surface area (Å²) in [6, 6.07) is 17.7. The number of Topliss-reactive ketones (excluding diaryl/α,β-unsaturated/α-hetero) is 2. The van der Waals surface area contributed by atoms with Crippen LogP contribution < -0.4 is 16.4 Å². The number of aliphatic imine (C=N–C) groups is 1. The van der Waals surface area contributed by atoms with Crippen molar-refractivity contribution in [1.82, 2.24) is 5.32 Å². The molecule has 0 spiro atoms. The van der Waals surface area contributed by atoms with E-state index in [0.29, 0.717) is 59.7 Å². The minimum Gasteiger partial charge on any atom is -0.330 e. The fourth-order valence-electron chi connectivity index (χ4n) is 7.51. The molecule has 2 fully saturated rings. The summed E-state index contributed by atoms with van der Waals surface area (Å²) >= 11 is 0. The molecule has 2 heterocycles. The molecule has 3 aromatic carbocycles. The molecule has 2 aliphatic heterocycles. The van der Waals surface area contributed by atoms with Crippen molar-refractivity contribution in [3.05, 3.63) is 88.7 Å². The third-order valence-electron chi connectivity index (χ3n) is 10.6. The molecule has 3 aliphatic rings. The number of nitrogens with zero attached hydrogens (tertiary/aromatic N) is 3. The molecule has 0 bridgehead atoms. The lowest BCUT2D eigenvalue weighted by Gasteiger charge is -2.27. The third-order valence-corrected chi connectivity index (χ3v) is 10.6. The largest absolute Gasteiger partial charge is 0.330 e. The Bertz CT molecular complexity index is 1760. The molecule has 1 saturated carbocycles. The number of aryl methyl sites for hydroxylation is 1. The van der Waals surface area contributed by atoms with Gasteiger partial charge in [-0.05, 0) is 136 Å². The molecule has 1 amide bonds. The van der Waals surface area contributed by atoms with Crippen LogP contribution in [-0.4, -0.2) is 49.6 Å². The molecule has 6 rings (SSSR count). The molecule has 0 aromatic heterocycles. The van der Waals surface area contributed by atoms with E-state index in [0.717, 1.165) is 68.3 Å². The Morgan fingerprint density at radius 2 is 1.66 bits per heavy atom. The van der Waals surface area contributed by atoms with E-state index in [1.54, 1.807) is 24.3 Å². The number of nitrogens with one attached hydrogen (secondary N) is 2. The van der Waals surface area contributed by atoms with Gasteiger partial charge < -0.3 is 16.4 Å². The van der Waals surface area contributed by atoms with Crippen molar-refractivity contribution >= 4 is 29.0 Å². The number of rotatable bonds is 13. The highest BCUT2D eigenvalue weighted by atomic mass is 19.1. The molecule has 4 N–H and O–H groups in total. The predicted octanol–water partition coefficient (Wildman–Crippen LogP) is 7.07. The number of hydrogen-bond donors (Lipinski definition) is 3. The first-order valence-electron chi connectivity index (χ1n) is 18.0. The summed E-state index contributed by atoms with van der Waals surface area (Å²) < 4.78 is 15.8. The molecular formula is C40H47FN6O3. The molecule has 10 heteroatoms. The van der Waals surface area contributed by atoms with Crippen LogP contribution in [0.4, 0.5) is 10.1 Å². The first-order chi connectivity index (χ1) is 24.3. The van der Waals surface area contributed by atoms with Crippen LogP contribution in [0.1, 0.15) is 78.4 Å². The number of carbonyl (C=O) groups is 3. The standard InChI is InChI=1S/C40H47FN6O3/c1-25-18-31(37(48)21-26-14-16-43-17-15-26)9-13-34(25)35-12-4-28(20-36(35)41)19-32(22-38(49)29-5-2-27(23-42)3-6-29)40(50)46-33-10-7-30(8-11-33)39-44-24-45-47-39/h4,7-13,18,20,26-27,29,32,43H,2-3,5-6,14-17,19,21-24,42H2,1H3,(H,46,50)/t27?,29?,32-/m1/s1. The Kier molecular flexibility index (Phi) is 11.7. The van der Waals surface area contributed by atoms with Crippen molar-refractivity contribution in [3.63, 3.8) is 0 Å². The quantitative estimate of drug-likeness (QED) is 0.166. The lowest BCUT2D eigenvalue weighted by Crippen LogP contribution is -2.31. The fraction of sp³-hybridized carbons (Fsp3) is 0.450. The minimum absolute atomic E-state index is 0.0723. The second-order valence-corrected chi connectivity index (χ2v) is 14.1. The lowest BCUT2D eigenvalue weighted by atomic mass is 9.77. The van der Waals surface area contributed by atoms with E-state index in [-0.39, 0.29) is 36.2 Å². The van der Waals surface area contributed by atoms with E-state index in [9.17, 15) is 14.4 Å². The van der Waals surface area contributed by atoms with Gasteiger partial charge >= 0.3 is 0 Å². The Labute approximate surface area is 293 Å². The Morgan fingerprint density at radius 1 is 0.920 bits per heavy atom. The number of nitrogens with two attached hydrogens (primary N) is 1. The van der Waals surface area contributed by atoms with Gasteiger partial charge in [-0.3, -0.25) is 14.4 Å². The zero-order valence-corrected chi connectivity index (χ0v) is 28.8. The molecule has 1 saturated heterocycles. The summed E-state index contributed by atoms with van der Waals surface area (Å²) in [4.78, 5) is 44.5. The van der Waals surface area contributed by atoms with Gasteiger partial charge in [-0.25, -0.2) is 9.38 Å². The number of azo groups is 1. The Balaban J connectivity index is 1.16. The van der Waals surface area contributed by atoms with Crippen molar-refractivity contribution < 1.29 is 18.8 Å². The number of amides is 1. The normalized spacial score (nSPS) is 19.9. The molecule has 0 radical (unpaired) electrons. The van der Waals surface area contributed by atoms with E-state index in [1.807, 2.05) is 37.3 Å². The van der Waals surface area contributed by atoms with Gasteiger partial charge in [0.2, 0.25) is 5.91 Å². The monoisotopic (exact) mass is 678 g/mol. The lowest BCUT2D eigenvalue weighted by molar-refractivity contribution is -0.129. The van der Waals surface area contributed by atoms with E-state index >= 15 is 4.39 Å². The SMILES string of the molecule is Cc1cc(C(=O)CC2CCNCC2)ccc1-c1ccc(C[C@H](CC(=O)C2CCC(CN)CC2)C(=O)Nc2ccc(C3=NCN=N3)cc2)cc1F. The smallest absolute Gasteiger partial charge is 0.228 e. The number of amidine groups is 1. The third kappa shape index (κ3) is 8.84. The van der Waals surface area contributed by atoms with E-state index in [1.165, 1.54) is 6.07 Å². The highest BCUT2D eigenvalue weighted by Gasteiger charge is 2.30. The highest BCUT2D eigenvalue weighted by Crippen LogP contribution is 2.33. The number of anilines is 1. The van der Waals surface area contributed by atoms with Crippen molar-refractivity contribution in [2.24, 2.45) is 44.6 Å². The average molecular weight is 679 g/mol. The summed E-state index contributed by atoms with van der Waals surface area (Å²) in [6.07, 6.45) is 6.23. The van der Waals surface area contributed by atoms with Crippen LogP contribution >= 0.6 is 0 Å². The van der Waals surface area contributed by atoms with Crippen molar-refractivity contribution in [2.75, 3.05) is 31.6 Å². The summed E-state index contributed by atoms with van der Waals surface area (Å²) in [5, 5.41) is 14.2. The van der Waals surface area contributed by atoms with E-state index in [4.69, 9.17) is 5.73 Å². The zero-order valence-electron chi connectivity index (χ0n) is 28.8. The maximum atomic E-state index is 15.8. The summed E-state index contributed by atoms with van der Waals surface area (Å²) in [5.74, 6) is 0.114. The Morgan fingerprint density at radius 3 is 2.32 bits per heavy atom. The van der Waals surface area contributed by atoms with Gasteiger partial charge in [-0.15, -0.1) is 5.11 Å². The summed E-state index contributed by atoms with van der Waals surface area (Å²) in [7, 11) is 0. The van der Waals surface area contributed by atoms with Crippen molar-refractivity contribution in [3.8, 4) is 11.1 Å². The number of halogens is 1. The Hall–Kier alpha value is -4.41. The first kappa shape index (κ1) is 35.4. The highest BCUT2D eigenvalue weighted by molar-refractivity contribution is 6.01. The topological polar surface area (TPSA) is 138 Å². The number of hydrogen-bond acceptors (Lipinski definition) is 8. The van der Waals surface area contributed by atoms with Crippen LogP contribution in [0.2, 0.25) is 0 Å². The molecule has 3 aromatic rings. The molecular weight excluding hydrogens is 631 g/mol. The van der Waals surface area contributed by atoms with Gasteiger partial charge in [-0.1, -0.05) is 24.3 Å². The van der Waals surface area contributed by atoms with Gasteiger partial charge in [-0.2, -0.15) is 5.11 Å². The van der Waals surface area contributed by atoms with Gasteiger partial charge in [0.25, 0.3) is 0 Å². The number of ketones is 2. The van der Waals surface area contributed by atoms with E-state index < -0.39 is 11.7 Å². The molecule has 9 nitrogen and oxygen atoms in total. The maximum absolute atomic E-state index is 15.8. The van der Waals surface area contributed by atoms with Crippen LogP contribution in [0, 0.1) is 36.4 Å². The molecule has 0 unspecified atom stereocenters. The van der Waals surface area contributed by atoms with Gasteiger partial charge in [0.1, 0.15) is 11.6 Å². The summed E-state index contributed by atoms with van der Waals surface area (Å²) in [6.45, 7) is 4.73. The molecule has 262 valence electrons. The van der Waals surface area contributed by atoms with Gasteiger partial charge in [0.15, 0.2) is 18.3 Å². The first-order valence-corrected chi connectivity index (χ1v) is 18.0. The van der Waals surface area contributed by atoms with Gasteiger partial charge in [0.05, 0.1) is 0 Å². The average Bonchev–Trinajstić information content (AvgIpc) is 3.68. The fourth-order valence-corrected chi connectivity index (χ4v) is 7.51. The van der Waals surface area contributed by atoms with Crippen molar-refractivity contribution in [2.45, 2.75) is 64.7 Å². The molecule has 1 atom stereocenters. The van der Waals surface area contributed by atoms with Gasteiger partial charge in [0, 0.05) is 47.1 Å². The number of benzene rings is 3. The summed E-state index contributed by atoms with van der Waals surface area (Å²) in [5.41, 5.74) is 10.5. The predicted molar refractivity (Wildman–Crippen MR) is 194 cm³/mol. The maximum Gasteiger partial charge on any atom is 0.228 e. The van der Waals surface area contributed by atoms with Crippen LogP contribution in [-0.2, 0) is 16.0 Å². The van der Waals surface area contributed by atoms with E-state index in [2.05, 4.69) is 25.9 Å². The minimum atomic E-state index is -0.681.